The number of imidazole rings is 1. The molecule has 0 radical (unpaired) electrons. The molecule has 0 N–H and O–H groups in total. The third kappa shape index (κ3) is 5.06. The molecule has 0 aliphatic rings. The van der Waals surface area contributed by atoms with E-state index in [1.807, 2.05) is 48.5 Å². The maximum absolute atomic E-state index is 6.22. The van der Waals surface area contributed by atoms with E-state index in [4.69, 9.17) is 32.9 Å². The van der Waals surface area contributed by atoms with Crippen molar-refractivity contribution >= 4 is 22.6 Å². The minimum Gasteiger partial charge on any atom is -0.425 e. The van der Waals surface area contributed by atoms with Gasteiger partial charge >= 0.3 is 6.01 Å². The first-order valence-corrected chi connectivity index (χ1v) is 11.4. The van der Waals surface area contributed by atoms with Crippen LogP contribution in [0, 0.1) is 24.4 Å². The van der Waals surface area contributed by atoms with Crippen LogP contribution in [0.15, 0.2) is 60.7 Å². The molecule has 160 valence electrons. The minimum absolute atomic E-state index is 0.564. The summed E-state index contributed by atoms with van der Waals surface area (Å²) in [5.74, 6) is 1.36. The lowest BCUT2D eigenvalue weighted by Gasteiger charge is -2.13. The SMILES string of the molecule is Cc1c(CCC(C)C)ccc2nc(Oc3cccc([ClH+])c3)n(Cc3ccc(Cl)cc3)c12. The topological polar surface area (TPSA) is 27.1 Å². The van der Waals surface area contributed by atoms with Gasteiger partial charge in [-0.3, -0.25) is 4.57 Å². The zero-order chi connectivity index (χ0) is 22.0. The highest BCUT2D eigenvalue weighted by molar-refractivity contribution is 6.30. The summed E-state index contributed by atoms with van der Waals surface area (Å²) in [6.45, 7) is 7.35. The van der Waals surface area contributed by atoms with Gasteiger partial charge in [-0.05, 0) is 66.6 Å². The van der Waals surface area contributed by atoms with Crippen molar-refractivity contribution in [3.05, 3.63) is 87.4 Å². The first-order chi connectivity index (χ1) is 14.9. The smallest absolute Gasteiger partial charge is 0.303 e. The van der Waals surface area contributed by atoms with Crippen LogP contribution in [0.2, 0.25) is 10.0 Å². The van der Waals surface area contributed by atoms with Crippen LogP contribution in [0.4, 0.5) is 0 Å². The zero-order valence-electron chi connectivity index (χ0n) is 18.1. The van der Waals surface area contributed by atoms with E-state index in [2.05, 4.69) is 37.5 Å². The van der Waals surface area contributed by atoms with Crippen LogP contribution < -0.4 is 4.74 Å². The Balaban J connectivity index is 1.80. The highest BCUT2D eigenvalue weighted by atomic mass is 35.5. The molecule has 0 bridgehead atoms. The second kappa shape index (κ2) is 9.33. The fraction of sp³-hybridized carbons (Fsp3) is 0.269. The average molecular weight is 454 g/mol. The molecule has 5 heteroatoms. The molecular weight excluding hydrogens is 427 g/mol. The quantitative estimate of drug-likeness (QED) is 0.297. The Kier molecular flexibility index (Phi) is 6.54. The Labute approximate surface area is 193 Å². The van der Waals surface area contributed by atoms with E-state index in [9.17, 15) is 0 Å². The minimum atomic E-state index is 0.564. The molecule has 4 rings (SSSR count). The summed E-state index contributed by atoms with van der Waals surface area (Å²) in [4.78, 5) is 4.83. The highest BCUT2D eigenvalue weighted by Crippen LogP contribution is 2.31. The van der Waals surface area contributed by atoms with Crippen molar-refractivity contribution in [3.8, 4) is 11.8 Å². The summed E-state index contributed by atoms with van der Waals surface area (Å²) in [5, 5.41) is 1.47. The van der Waals surface area contributed by atoms with Gasteiger partial charge in [0.05, 0.1) is 17.6 Å². The number of halogens is 2. The number of benzene rings is 3. The van der Waals surface area contributed by atoms with Crippen LogP contribution in [-0.2, 0) is 13.0 Å². The van der Waals surface area contributed by atoms with Crippen LogP contribution in [0.3, 0.4) is 0 Å². The van der Waals surface area contributed by atoms with Gasteiger partial charge < -0.3 is 4.74 Å². The summed E-state index contributed by atoms with van der Waals surface area (Å²) in [5.41, 5.74) is 5.80. The maximum atomic E-state index is 6.22. The number of hydrogen-bond acceptors (Lipinski definition) is 2. The molecule has 1 heterocycles. The molecule has 0 aliphatic carbocycles. The second-order valence-corrected chi connectivity index (χ2v) is 9.24. The second-order valence-electron chi connectivity index (χ2n) is 8.33. The Morgan fingerprint density at radius 3 is 2.55 bits per heavy atom. The lowest BCUT2D eigenvalue weighted by atomic mass is 9.98. The van der Waals surface area contributed by atoms with Gasteiger partial charge in [0.2, 0.25) is 5.02 Å². The molecule has 0 amide bonds. The van der Waals surface area contributed by atoms with Gasteiger partial charge in [0.1, 0.15) is 5.75 Å². The van der Waals surface area contributed by atoms with Crippen molar-refractivity contribution in [2.24, 2.45) is 5.92 Å². The summed E-state index contributed by atoms with van der Waals surface area (Å²) in [6, 6.07) is 20.3. The summed E-state index contributed by atoms with van der Waals surface area (Å²) < 4.78 is 8.38. The third-order valence-corrected chi connectivity index (χ3v) is 6.00. The van der Waals surface area contributed by atoms with Crippen LogP contribution in [0.25, 0.3) is 11.0 Å². The molecule has 3 aromatic carbocycles. The number of aryl methyl sites for hydroxylation is 2. The Morgan fingerprint density at radius 1 is 1.06 bits per heavy atom. The number of hydrogen-bond donors (Lipinski definition) is 0. The molecular formula is C26H27Cl2N2O+. The van der Waals surface area contributed by atoms with Crippen LogP contribution >= 0.6 is 11.6 Å². The van der Waals surface area contributed by atoms with Crippen molar-refractivity contribution in [1.29, 1.82) is 0 Å². The molecule has 4 aromatic rings. The Bertz CT molecular complexity index is 1200. The van der Waals surface area contributed by atoms with Gasteiger partial charge in [0, 0.05) is 17.2 Å². The Morgan fingerprint density at radius 2 is 1.84 bits per heavy atom. The molecule has 0 unspecified atom stereocenters. The van der Waals surface area contributed by atoms with Crippen molar-refractivity contribution in [3.63, 3.8) is 0 Å². The molecule has 0 saturated heterocycles. The first kappa shape index (κ1) is 21.7. The first-order valence-electron chi connectivity index (χ1n) is 10.6. The highest BCUT2D eigenvalue weighted by Gasteiger charge is 2.18. The largest absolute Gasteiger partial charge is 0.425 e. The predicted molar refractivity (Wildman–Crippen MR) is 125 cm³/mol. The van der Waals surface area contributed by atoms with Gasteiger partial charge in [0.25, 0.3) is 0 Å². The maximum Gasteiger partial charge on any atom is 0.303 e. The summed E-state index contributed by atoms with van der Waals surface area (Å²) in [7, 11) is 0. The van der Waals surface area contributed by atoms with E-state index in [0.29, 0.717) is 24.2 Å². The van der Waals surface area contributed by atoms with E-state index in [1.165, 1.54) is 11.1 Å². The molecule has 3 nitrogen and oxygen atoms in total. The fourth-order valence-electron chi connectivity index (χ4n) is 3.77. The van der Waals surface area contributed by atoms with E-state index < -0.39 is 0 Å². The third-order valence-electron chi connectivity index (χ3n) is 5.50. The van der Waals surface area contributed by atoms with Gasteiger partial charge in [-0.1, -0.05) is 49.7 Å². The number of fused-ring (bicyclic) bond motifs is 1. The van der Waals surface area contributed by atoms with Gasteiger partial charge in [0.15, 0.2) is 11.6 Å². The normalized spacial score (nSPS) is 11.4. The van der Waals surface area contributed by atoms with E-state index in [1.54, 1.807) is 0 Å². The molecule has 31 heavy (non-hydrogen) atoms. The van der Waals surface area contributed by atoms with Crippen molar-refractivity contribution in [2.45, 2.75) is 40.2 Å². The fourth-order valence-corrected chi connectivity index (χ4v) is 4.09. The van der Waals surface area contributed by atoms with Crippen molar-refractivity contribution in [1.82, 2.24) is 9.55 Å². The van der Waals surface area contributed by atoms with E-state index >= 15 is 0 Å². The monoisotopic (exact) mass is 453 g/mol. The molecule has 0 aliphatic heterocycles. The van der Waals surface area contributed by atoms with Crippen LogP contribution in [0.1, 0.15) is 37.0 Å². The molecule has 0 saturated carbocycles. The molecule has 1 aromatic heterocycles. The summed E-state index contributed by atoms with van der Waals surface area (Å²) >= 11 is 11.4. The number of nitrogens with zero attached hydrogens (tertiary/aromatic N) is 2. The van der Waals surface area contributed by atoms with E-state index in [-0.39, 0.29) is 0 Å². The lowest BCUT2D eigenvalue weighted by molar-refractivity contribution is -0.289. The predicted octanol–water partition coefficient (Wildman–Crippen LogP) is 7.12. The molecule has 0 fully saturated rings. The van der Waals surface area contributed by atoms with Crippen LogP contribution in [0.5, 0.6) is 11.8 Å². The molecule has 0 atom stereocenters. The zero-order valence-corrected chi connectivity index (χ0v) is 19.6. The van der Waals surface area contributed by atoms with Crippen LogP contribution in [-0.4, -0.2) is 9.55 Å². The number of ether oxygens (including phenoxy) is 1. The van der Waals surface area contributed by atoms with Crippen molar-refractivity contribution < 1.29 is 16.3 Å². The number of aromatic nitrogens is 2. The standard InChI is InChI=1S/C26H27Cl2N2O/c1-17(2)7-10-20-11-14-24-25(18(20)3)30(16-19-8-12-21(27)13-9-19)26(29-24)31-23-6-4-5-22(28)15-23/h4-6,8-9,11-15,17,28H,7,10,16H2,1-3H3/q+1. The number of rotatable bonds is 7. The average Bonchev–Trinajstić information content (AvgIpc) is 3.07. The van der Waals surface area contributed by atoms with Crippen molar-refractivity contribution in [2.75, 3.05) is 0 Å². The van der Waals surface area contributed by atoms with E-state index in [0.717, 1.165) is 39.5 Å². The molecule has 0 spiro atoms. The van der Waals surface area contributed by atoms with Gasteiger partial charge in [-0.25, -0.2) is 0 Å². The lowest BCUT2D eigenvalue weighted by Crippen LogP contribution is -2.04. The van der Waals surface area contributed by atoms with Gasteiger partial charge in [-0.15, -0.1) is 0 Å². The summed E-state index contributed by atoms with van der Waals surface area (Å²) in [6.07, 6.45) is 2.21. The Hall–Kier alpha value is -2.49. The van der Waals surface area contributed by atoms with Gasteiger partial charge in [-0.2, -0.15) is 4.98 Å².